The third-order valence-electron chi connectivity index (χ3n) is 4.90. The fraction of sp³-hybridized carbons (Fsp3) is 0.588. The average Bonchev–Trinajstić information content (AvgIpc) is 2.90. The summed E-state index contributed by atoms with van der Waals surface area (Å²) in [6.07, 6.45) is 4.66. The number of carbonyl (C=O) groups excluding carboxylic acids is 1. The lowest BCUT2D eigenvalue weighted by Crippen LogP contribution is -2.51. The quantitative estimate of drug-likeness (QED) is 0.633. The van der Waals surface area contributed by atoms with Crippen LogP contribution < -0.4 is 10.6 Å². The molecule has 2 fully saturated rings. The molecule has 124 valence electrons. The van der Waals surface area contributed by atoms with Gasteiger partial charge in [0, 0.05) is 44.7 Å². The lowest BCUT2D eigenvalue weighted by atomic mass is 9.79. The predicted octanol–water partition coefficient (Wildman–Crippen LogP) is 1.07. The van der Waals surface area contributed by atoms with Crippen molar-refractivity contribution < 1.29 is 4.79 Å². The highest BCUT2D eigenvalue weighted by molar-refractivity contribution is 5.81. The molecule has 0 radical (unpaired) electrons. The number of nitrogens with zero attached hydrogens (tertiary/aromatic N) is 3. The summed E-state index contributed by atoms with van der Waals surface area (Å²) in [6.45, 7) is 5.39. The van der Waals surface area contributed by atoms with Gasteiger partial charge >= 0.3 is 0 Å². The van der Waals surface area contributed by atoms with Gasteiger partial charge in [-0.15, -0.1) is 0 Å². The van der Waals surface area contributed by atoms with E-state index in [2.05, 4.69) is 38.5 Å². The van der Waals surface area contributed by atoms with Gasteiger partial charge in [0.2, 0.25) is 5.91 Å². The first kappa shape index (κ1) is 15.8. The van der Waals surface area contributed by atoms with E-state index in [9.17, 15) is 4.79 Å². The number of aliphatic imine (C=N–C) groups is 1. The molecule has 1 unspecified atom stereocenters. The molecule has 0 aliphatic carbocycles. The Kier molecular flexibility index (Phi) is 4.50. The molecule has 3 rings (SSSR count). The molecule has 1 atom stereocenters. The van der Waals surface area contributed by atoms with Crippen molar-refractivity contribution in [2.45, 2.75) is 32.7 Å². The molecule has 2 saturated heterocycles. The first-order valence-corrected chi connectivity index (χ1v) is 8.25. The molecule has 1 aromatic heterocycles. The van der Waals surface area contributed by atoms with Gasteiger partial charge in [0.05, 0.1) is 12.2 Å². The Morgan fingerprint density at radius 1 is 1.57 bits per heavy atom. The van der Waals surface area contributed by atoms with Gasteiger partial charge in [-0.1, -0.05) is 6.07 Å². The van der Waals surface area contributed by atoms with Crippen LogP contribution in [0.4, 0.5) is 0 Å². The SMILES string of the molecule is CN=C(NCc1ncccc1C)N1CCCC2(CNC(=O)C2)C1. The molecular formula is C17H25N5O. The van der Waals surface area contributed by atoms with Crippen LogP contribution in [0, 0.1) is 12.3 Å². The summed E-state index contributed by atoms with van der Waals surface area (Å²) in [5.41, 5.74) is 2.29. The largest absolute Gasteiger partial charge is 0.355 e. The highest BCUT2D eigenvalue weighted by Crippen LogP contribution is 2.35. The zero-order valence-electron chi connectivity index (χ0n) is 13.9. The fourth-order valence-corrected chi connectivity index (χ4v) is 3.63. The third kappa shape index (κ3) is 3.46. The summed E-state index contributed by atoms with van der Waals surface area (Å²) in [7, 11) is 1.81. The van der Waals surface area contributed by atoms with Crippen molar-refractivity contribution in [2.75, 3.05) is 26.7 Å². The summed E-state index contributed by atoms with van der Waals surface area (Å²) in [5.74, 6) is 1.08. The van der Waals surface area contributed by atoms with Crippen LogP contribution in [0.5, 0.6) is 0 Å². The minimum Gasteiger partial charge on any atom is -0.355 e. The Morgan fingerprint density at radius 3 is 3.13 bits per heavy atom. The molecule has 2 aliphatic rings. The highest BCUT2D eigenvalue weighted by Gasteiger charge is 2.42. The van der Waals surface area contributed by atoms with Crippen LogP contribution in [0.1, 0.15) is 30.5 Å². The molecule has 0 saturated carbocycles. The minimum atomic E-state index is 0.0772. The molecule has 0 bridgehead atoms. The van der Waals surface area contributed by atoms with E-state index in [4.69, 9.17) is 0 Å². The van der Waals surface area contributed by atoms with Gasteiger partial charge < -0.3 is 15.5 Å². The van der Waals surface area contributed by atoms with E-state index in [0.29, 0.717) is 13.0 Å². The van der Waals surface area contributed by atoms with Crippen molar-refractivity contribution >= 4 is 11.9 Å². The van der Waals surface area contributed by atoms with E-state index in [1.807, 2.05) is 19.3 Å². The number of nitrogens with one attached hydrogen (secondary N) is 2. The molecule has 6 nitrogen and oxygen atoms in total. The Bertz CT molecular complexity index is 615. The molecule has 6 heteroatoms. The monoisotopic (exact) mass is 315 g/mol. The van der Waals surface area contributed by atoms with Crippen molar-refractivity contribution in [1.29, 1.82) is 0 Å². The lowest BCUT2D eigenvalue weighted by Gasteiger charge is -2.40. The van der Waals surface area contributed by atoms with Crippen LogP contribution in [0.25, 0.3) is 0 Å². The minimum absolute atomic E-state index is 0.0772. The van der Waals surface area contributed by atoms with E-state index in [-0.39, 0.29) is 11.3 Å². The maximum Gasteiger partial charge on any atom is 0.220 e. The Morgan fingerprint density at radius 2 is 2.43 bits per heavy atom. The smallest absolute Gasteiger partial charge is 0.220 e. The van der Waals surface area contributed by atoms with E-state index in [0.717, 1.165) is 44.1 Å². The molecular weight excluding hydrogens is 290 g/mol. The first-order chi connectivity index (χ1) is 11.1. The summed E-state index contributed by atoms with van der Waals surface area (Å²) >= 11 is 0. The van der Waals surface area contributed by atoms with E-state index in [1.54, 1.807) is 0 Å². The molecule has 2 N–H and O–H groups in total. The van der Waals surface area contributed by atoms with Crippen LogP contribution in [0.3, 0.4) is 0 Å². The summed E-state index contributed by atoms with van der Waals surface area (Å²) in [6, 6.07) is 4.02. The topological polar surface area (TPSA) is 69.6 Å². The summed E-state index contributed by atoms with van der Waals surface area (Å²) in [4.78, 5) is 22.8. The normalized spacial score (nSPS) is 24.9. The van der Waals surface area contributed by atoms with Gasteiger partial charge in [-0.2, -0.15) is 0 Å². The van der Waals surface area contributed by atoms with E-state index in [1.165, 1.54) is 5.56 Å². The van der Waals surface area contributed by atoms with E-state index >= 15 is 0 Å². The van der Waals surface area contributed by atoms with Crippen LogP contribution in [0.2, 0.25) is 0 Å². The average molecular weight is 315 g/mol. The van der Waals surface area contributed by atoms with Gasteiger partial charge in [0.1, 0.15) is 0 Å². The van der Waals surface area contributed by atoms with Crippen molar-refractivity contribution in [1.82, 2.24) is 20.5 Å². The number of piperidine rings is 1. The number of amides is 1. The number of guanidine groups is 1. The molecule has 1 amide bonds. The van der Waals surface area contributed by atoms with Crippen molar-refractivity contribution in [3.8, 4) is 0 Å². The number of likely N-dealkylation sites (tertiary alicyclic amines) is 1. The van der Waals surface area contributed by atoms with Gasteiger partial charge in [-0.3, -0.25) is 14.8 Å². The Balaban J connectivity index is 1.64. The second-order valence-corrected chi connectivity index (χ2v) is 6.65. The molecule has 0 aromatic carbocycles. The second kappa shape index (κ2) is 6.56. The van der Waals surface area contributed by atoms with Gasteiger partial charge in [0.25, 0.3) is 0 Å². The first-order valence-electron chi connectivity index (χ1n) is 8.25. The number of aryl methyl sites for hydroxylation is 1. The lowest BCUT2D eigenvalue weighted by molar-refractivity contribution is -0.119. The number of hydrogen-bond donors (Lipinski definition) is 2. The maximum absolute atomic E-state index is 11.6. The molecule has 2 aliphatic heterocycles. The van der Waals surface area contributed by atoms with Crippen LogP contribution in [-0.2, 0) is 11.3 Å². The number of rotatable bonds is 2. The fourth-order valence-electron chi connectivity index (χ4n) is 3.63. The maximum atomic E-state index is 11.6. The van der Waals surface area contributed by atoms with Gasteiger partial charge in [0.15, 0.2) is 5.96 Å². The Hall–Kier alpha value is -2.11. The van der Waals surface area contributed by atoms with Crippen LogP contribution >= 0.6 is 0 Å². The molecule has 1 spiro atoms. The van der Waals surface area contributed by atoms with Crippen LogP contribution in [-0.4, -0.2) is 48.4 Å². The highest BCUT2D eigenvalue weighted by atomic mass is 16.1. The standard InChI is InChI=1S/C17H25N5O/c1-13-5-3-7-19-14(13)10-20-16(18-2)22-8-4-6-17(12-22)9-15(23)21-11-17/h3,5,7H,4,6,8-12H2,1-2H3,(H,18,20)(H,21,23). The zero-order chi connectivity index (χ0) is 16.3. The zero-order valence-corrected chi connectivity index (χ0v) is 13.9. The number of aromatic nitrogens is 1. The van der Waals surface area contributed by atoms with Crippen molar-refractivity contribution in [3.05, 3.63) is 29.6 Å². The van der Waals surface area contributed by atoms with Gasteiger partial charge in [-0.05, 0) is 31.4 Å². The summed E-state index contributed by atoms with van der Waals surface area (Å²) in [5, 5.41) is 6.41. The number of pyridine rings is 1. The molecule has 23 heavy (non-hydrogen) atoms. The predicted molar refractivity (Wildman–Crippen MR) is 90.0 cm³/mol. The Labute approximate surface area is 137 Å². The van der Waals surface area contributed by atoms with E-state index < -0.39 is 0 Å². The van der Waals surface area contributed by atoms with Crippen molar-refractivity contribution in [2.24, 2.45) is 10.4 Å². The third-order valence-corrected chi connectivity index (χ3v) is 4.90. The number of carbonyl (C=O) groups is 1. The van der Waals surface area contributed by atoms with Crippen LogP contribution in [0.15, 0.2) is 23.3 Å². The second-order valence-electron chi connectivity index (χ2n) is 6.65. The number of hydrogen-bond acceptors (Lipinski definition) is 3. The molecule has 1 aromatic rings. The summed E-state index contributed by atoms with van der Waals surface area (Å²) < 4.78 is 0. The molecule has 3 heterocycles. The van der Waals surface area contributed by atoms with Crippen molar-refractivity contribution in [3.63, 3.8) is 0 Å². The van der Waals surface area contributed by atoms with Gasteiger partial charge in [-0.25, -0.2) is 0 Å².